The number of hydrogen-bond donors (Lipinski definition) is 0. The molecule has 0 aromatic carbocycles. The zero-order valence-electron chi connectivity index (χ0n) is 12.6. The first kappa shape index (κ1) is 13.6. The van der Waals surface area contributed by atoms with Crippen molar-refractivity contribution in [2.24, 2.45) is 5.41 Å². The number of carbonyl (C=O) groups excluding carboxylic acids is 1. The zero-order chi connectivity index (χ0) is 14.5. The Labute approximate surface area is 124 Å². The maximum Gasteiger partial charge on any atom is 0.165 e. The van der Waals surface area contributed by atoms with Gasteiger partial charge in [-0.15, -0.1) is 0 Å². The van der Waals surface area contributed by atoms with Gasteiger partial charge in [0.15, 0.2) is 5.78 Å². The summed E-state index contributed by atoms with van der Waals surface area (Å²) in [5.74, 6) is 0.301. The fraction of sp³-hybridized carbons (Fsp3) is 0.471. The van der Waals surface area contributed by atoms with Crippen LogP contribution in [0.15, 0.2) is 22.9 Å². The van der Waals surface area contributed by atoms with Crippen LogP contribution in [0.1, 0.15) is 60.5 Å². The predicted molar refractivity (Wildman–Crippen MR) is 83.7 cm³/mol. The summed E-state index contributed by atoms with van der Waals surface area (Å²) in [7, 11) is 0. The molecule has 1 aliphatic rings. The molecule has 106 valence electrons. The summed E-state index contributed by atoms with van der Waals surface area (Å²) < 4.78 is 2.36. The van der Waals surface area contributed by atoms with Crippen LogP contribution in [0.4, 0.5) is 0 Å². The van der Waals surface area contributed by atoms with E-state index in [2.05, 4.69) is 55.2 Å². The number of aryl methyl sites for hydroxylation is 1. The average Bonchev–Trinajstić information content (AvgIpc) is 2.94. The monoisotopic (exact) mass is 287 g/mol. The van der Waals surface area contributed by atoms with E-state index in [0.717, 1.165) is 12.0 Å². The molecular weight excluding hydrogens is 266 g/mol. The van der Waals surface area contributed by atoms with E-state index in [1.807, 2.05) is 0 Å². The quantitative estimate of drug-likeness (QED) is 0.789. The molecule has 1 aliphatic carbocycles. The molecule has 0 amide bonds. The summed E-state index contributed by atoms with van der Waals surface area (Å²) in [5, 5.41) is 4.32. The van der Waals surface area contributed by atoms with Crippen LogP contribution in [-0.4, -0.2) is 10.4 Å². The Morgan fingerprint density at radius 2 is 2.10 bits per heavy atom. The van der Waals surface area contributed by atoms with Crippen molar-refractivity contribution < 1.29 is 4.79 Å². The summed E-state index contributed by atoms with van der Waals surface area (Å²) in [6.07, 6.45) is 1.65. The normalized spacial score (nSPS) is 18.9. The molecule has 0 saturated heterocycles. The fourth-order valence-electron chi connectivity index (χ4n) is 3.37. The number of fused-ring (bicyclic) bond motifs is 1. The third kappa shape index (κ3) is 2.14. The molecule has 0 radical (unpaired) electrons. The van der Waals surface area contributed by atoms with Gasteiger partial charge >= 0.3 is 0 Å². The number of nitrogens with zero attached hydrogens (tertiary/aromatic N) is 1. The fourth-order valence-corrected chi connectivity index (χ4v) is 4.12. The maximum atomic E-state index is 12.4. The highest BCUT2D eigenvalue weighted by Gasteiger charge is 2.34. The minimum atomic E-state index is 0.0704. The molecule has 3 rings (SSSR count). The number of ketones is 1. The molecule has 1 unspecified atom stereocenters. The molecule has 0 fully saturated rings. The van der Waals surface area contributed by atoms with Gasteiger partial charge in [-0.25, -0.2) is 0 Å². The van der Waals surface area contributed by atoms with Crippen LogP contribution in [-0.2, 0) is 6.42 Å². The molecule has 0 spiro atoms. The van der Waals surface area contributed by atoms with Gasteiger partial charge in [0.05, 0.1) is 6.04 Å². The Bertz CT molecular complexity index is 649. The highest BCUT2D eigenvalue weighted by atomic mass is 32.1. The van der Waals surface area contributed by atoms with Crippen molar-refractivity contribution in [1.82, 2.24) is 4.57 Å². The Morgan fingerprint density at radius 3 is 2.75 bits per heavy atom. The first-order valence-corrected chi connectivity index (χ1v) is 8.09. The second-order valence-electron chi connectivity index (χ2n) is 6.69. The molecule has 0 bridgehead atoms. The van der Waals surface area contributed by atoms with Gasteiger partial charge in [-0.3, -0.25) is 4.79 Å². The summed E-state index contributed by atoms with van der Waals surface area (Å²) >= 11 is 1.73. The van der Waals surface area contributed by atoms with Crippen molar-refractivity contribution in [3.63, 3.8) is 0 Å². The number of aromatic nitrogens is 1. The van der Waals surface area contributed by atoms with Gasteiger partial charge < -0.3 is 4.57 Å². The van der Waals surface area contributed by atoms with Crippen LogP contribution in [0.2, 0.25) is 0 Å². The predicted octanol–water partition coefficient (Wildman–Crippen LogP) is 4.62. The van der Waals surface area contributed by atoms with Gasteiger partial charge in [-0.05, 0) is 54.1 Å². The SMILES string of the molecule is Cc1cc2c(n1C(C)c1ccsc1)CC(C)(C)CC2=O. The largest absolute Gasteiger partial charge is 0.341 e. The third-order valence-corrected chi connectivity index (χ3v) is 5.03. The second kappa shape index (κ2) is 4.59. The summed E-state index contributed by atoms with van der Waals surface area (Å²) in [5.41, 5.74) is 4.76. The van der Waals surface area contributed by atoms with Crippen molar-refractivity contribution in [2.45, 2.75) is 46.6 Å². The number of Topliss-reactive ketones (excluding diaryl/α,β-unsaturated/α-hetero) is 1. The van der Waals surface area contributed by atoms with E-state index in [-0.39, 0.29) is 5.41 Å². The Balaban J connectivity index is 2.12. The highest BCUT2D eigenvalue weighted by molar-refractivity contribution is 7.07. The molecular formula is C17H21NOS. The van der Waals surface area contributed by atoms with Gasteiger partial charge in [0.25, 0.3) is 0 Å². The van der Waals surface area contributed by atoms with E-state index in [1.165, 1.54) is 17.0 Å². The lowest BCUT2D eigenvalue weighted by molar-refractivity contribution is 0.0909. The summed E-state index contributed by atoms with van der Waals surface area (Å²) in [6.45, 7) is 8.72. The van der Waals surface area contributed by atoms with Gasteiger partial charge in [0.2, 0.25) is 0 Å². The first-order chi connectivity index (χ1) is 9.39. The van der Waals surface area contributed by atoms with Crippen molar-refractivity contribution in [3.05, 3.63) is 45.4 Å². The molecule has 2 nitrogen and oxygen atoms in total. The van der Waals surface area contributed by atoms with Crippen LogP contribution in [0, 0.1) is 12.3 Å². The number of hydrogen-bond acceptors (Lipinski definition) is 2. The van der Waals surface area contributed by atoms with E-state index in [9.17, 15) is 4.79 Å². The van der Waals surface area contributed by atoms with Crippen LogP contribution < -0.4 is 0 Å². The minimum Gasteiger partial charge on any atom is -0.341 e. The second-order valence-corrected chi connectivity index (χ2v) is 7.47. The van der Waals surface area contributed by atoms with E-state index >= 15 is 0 Å². The lowest BCUT2D eigenvalue weighted by Gasteiger charge is -2.31. The Kier molecular flexibility index (Phi) is 3.13. The van der Waals surface area contributed by atoms with E-state index in [1.54, 1.807) is 11.3 Å². The van der Waals surface area contributed by atoms with E-state index in [4.69, 9.17) is 0 Å². The minimum absolute atomic E-state index is 0.0704. The van der Waals surface area contributed by atoms with Crippen molar-refractivity contribution >= 4 is 17.1 Å². The smallest absolute Gasteiger partial charge is 0.165 e. The van der Waals surface area contributed by atoms with Crippen LogP contribution >= 0.6 is 11.3 Å². The molecule has 2 aromatic heterocycles. The van der Waals surface area contributed by atoms with Crippen molar-refractivity contribution in [3.8, 4) is 0 Å². The molecule has 1 atom stereocenters. The lowest BCUT2D eigenvalue weighted by Crippen LogP contribution is -2.28. The highest BCUT2D eigenvalue weighted by Crippen LogP contribution is 2.38. The summed E-state index contributed by atoms with van der Waals surface area (Å²) in [6, 6.07) is 4.55. The topological polar surface area (TPSA) is 22.0 Å². The average molecular weight is 287 g/mol. The van der Waals surface area contributed by atoms with Gasteiger partial charge in [-0.1, -0.05) is 13.8 Å². The number of carbonyl (C=O) groups is 1. The number of thiophene rings is 1. The zero-order valence-corrected chi connectivity index (χ0v) is 13.4. The van der Waals surface area contributed by atoms with Crippen LogP contribution in [0.3, 0.4) is 0 Å². The van der Waals surface area contributed by atoms with Gasteiger partial charge in [0.1, 0.15) is 0 Å². The lowest BCUT2D eigenvalue weighted by atomic mass is 9.76. The molecule has 2 aromatic rings. The number of rotatable bonds is 2. The summed E-state index contributed by atoms with van der Waals surface area (Å²) in [4.78, 5) is 12.4. The standard InChI is InChI=1S/C17H21NOS/c1-11-7-14-15(8-17(3,4)9-16(14)19)18(11)12(2)13-5-6-20-10-13/h5-7,10,12H,8-9H2,1-4H3. The van der Waals surface area contributed by atoms with Crippen LogP contribution in [0.25, 0.3) is 0 Å². The molecule has 0 N–H and O–H groups in total. The third-order valence-electron chi connectivity index (χ3n) is 4.33. The molecule has 3 heteroatoms. The molecule has 0 aliphatic heterocycles. The van der Waals surface area contributed by atoms with Crippen LogP contribution in [0.5, 0.6) is 0 Å². The molecule has 2 heterocycles. The first-order valence-electron chi connectivity index (χ1n) is 7.15. The Hall–Kier alpha value is -1.35. The molecule has 0 saturated carbocycles. The Morgan fingerprint density at radius 1 is 1.35 bits per heavy atom. The molecule has 20 heavy (non-hydrogen) atoms. The van der Waals surface area contributed by atoms with E-state index in [0.29, 0.717) is 18.2 Å². The maximum absolute atomic E-state index is 12.4. The van der Waals surface area contributed by atoms with Gasteiger partial charge in [-0.2, -0.15) is 11.3 Å². The van der Waals surface area contributed by atoms with Crippen molar-refractivity contribution in [2.75, 3.05) is 0 Å². The van der Waals surface area contributed by atoms with E-state index < -0.39 is 0 Å². The van der Waals surface area contributed by atoms with Crippen molar-refractivity contribution in [1.29, 1.82) is 0 Å². The van der Waals surface area contributed by atoms with Gasteiger partial charge in [0, 0.05) is 23.4 Å².